The van der Waals surface area contributed by atoms with Gasteiger partial charge in [-0.15, -0.1) is 0 Å². The minimum absolute atomic E-state index is 0.215. The van der Waals surface area contributed by atoms with Crippen molar-refractivity contribution in [3.05, 3.63) is 48.0 Å². The maximum absolute atomic E-state index is 11.8. The van der Waals surface area contributed by atoms with Crippen LogP contribution in [0.3, 0.4) is 0 Å². The zero-order valence-corrected chi connectivity index (χ0v) is 20.4. The summed E-state index contributed by atoms with van der Waals surface area (Å²) in [6.45, 7) is 2.26. The fourth-order valence-electron chi connectivity index (χ4n) is 6.90. The number of benzene rings is 1. The number of carboxylic acid groups (broad SMARTS) is 1. The third-order valence-electron chi connectivity index (χ3n) is 8.46. The summed E-state index contributed by atoms with van der Waals surface area (Å²) in [5.41, 5.74) is 1.69. The summed E-state index contributed by atoms with van der Waals surface area (Å²) >= 11 is 0. The summed E-state index contributed by atoms with van der Waals surface area (Å²) in [6, 6.07) is 11.1. The highest BCUT2D eigenvalue weighted by Crippen LogP contribution is 2.55. The first-order valence-corrected chi connectivity index (χ1v) is 13.6. The molecule has 2 fully saturated rings. The number of aliphatic carboxylic acids is 1. The van der Waals surface area contributed by atoms with Crippen molar-refractivity contribution in [1.82, 2.24) is 0 Å². The quantitative estimate of drug-likeness (QED) is 0.247. The van der Waals surface area contributed by atoms with Gasteiger partial charge in [0.1, 0.15) is 0 Å². The van der Waals surface area contributed by atoms with Crippen molar-refractivity contribution in [2.24, 2.45) is 17.8 Å². The monoisotopic (exact) mass is 438 g/mol. The SMILES string of the molecule is CCCCCC/C=C\CCC[C@@H]1CC[C@@H](C2(c3ccccc3)CCCC2)[C@H](CC(=O)O)C1. The Kier molecular flexibility index (Phi) is 10.3. The van der Waals surface area contributed by atoms with Crippen LogP contribution in [0.15, 0.2) is 42.5 Å². The molecule has 0 aliphatic heterocycles. The number of carbonyl (C=O) groups is 1. The molecule has 1 aromatic carbocycles. The van der Waals surface area contributed by atoms with E-state index in [-0.39, 0.29) is 5.41 Å². The van der Waals surface area contributed by atoms with E-state index in [1.165, 1.54) is 95.5 Å². The van der Waals surface area contributed by atoms with Gasteiger partial charge in [0.15, 0.2) is 0 Å². The lowest BCUT2D eigenvalue weighted by molar-refractivity contribution is -0.139. The van der Waals surface area contributed by atoms with Crippen LogP contribution in [0.25, 0.3) is 0 Å². The molecule has 2 nitrogen and oxygen atoms in total. The van der Waals surface area contributed by atoms with Crippen LogP contribution in [0.5, 0.6) is 0 Å². The molecular weight excluding hydrogens is 392 g/mol. The van der Waals surface area contributed by atoms with Gasteiger partial charge in [-0.1, -0.05) is 94.4 Å². The van der Waals surface area contributed by atoms with Crippen LogP contribution in [0.4, 0.5) is 0 Å². The molecule has 32 heavy (non-hydrogen) atoms. The fourth-order valence-corrected chi connectivity index (χ4v) is 6.90. The Hall–Kier alpha value is -1.57. The number of rotatable bonds is 13. The molecular formula is C30H46O2. The fraction of sp³-hybridized carbons (Fsp3) is 0.700. The number of allylic oxidation sites excluding steroid dienone is 2. The average Bonchev–Trinajstić information content (AvgIpc) is 3.29. The van der Waals surface area contributed by atoms with Gasteiger partial charge < -0.3 is 5.11 Å². The minimum atomic E-state index is -0.604. The molecule has 0 heterocycles. The third-order valence-corrected chi connectivity index (χ3v) is 8.46. The molecule has 2 aliphatic rings. The highest BCUT2D eigenvalue weighted by molar-refractivity contribution is 5.67. The van der Waals surface area contributed by atoms with Gasteiger partial charge in [-0.05, 0) is 80.1 Å². The second-order valence-electron chi connectivity index (χ2n) is 10.6. The van der Waals surface area contributed by atoms with E-state index in [1.54, 1.807) is 0 Å². The predicted molar refractivity (Wildman–Crippen MR) is 135 cm³/mol. The Balaban J connectivity index is 1.55. The molecule has 0 amide bonds. The van der Waals surface area contributed by atoms with Crippen LogP contribution >= 0.6 is 0 Å². The number of hydrogen-bond acceptors (Lipinski definition) is 1. The molecule has 1 aromatic rings. The molecule has 2 aliphatic carbocycles. The van der Waals surface area contributed by atoms with Gasteiger partial charge in [0, 0.05) is 6.42 Å². The highest BCUT2D eigenvalue weighted by atomic mass is 16.4. The molecule has 3 rings (SSSR count). The second-order valence-corrected chi connectivity index (χ2v) is 10.6. The van der Waals surface area contributed by atoms with E-state index >= 15 is 0 Å². The zero-order valence-electron chi connectivity index (χ0n) is 20.4. The van der Waals surface area contributed by atoms with Crippen LogP contribution in [-0.4, -0.2) is 11.1 Å². The summed E-state index contributed by atoms with van der Waals surface area (Å²) in [4.78, 5) is 11.8. The van der Waals surface area contributed by atoms with Gasteiger partial charge in [0.25, 0.3) is 0 Å². The largest absolute Gasteiger partial charge is 0.481 e. The molecule has 3 atom stereocenters. The van der Waals surface area contributed by atoms with Crippen LogP contribution < -0.4 is 0 Å². The van der Waals surface area contributed by atoms with Crippen LogP contribution in [0, 0.1) is 17.8 Å². The van der Waals surface area contributed by atoms with Crippen LogP contribution in [0.2, 0.25) is 0 Å². The van der Waals surface area contributed by atoms with Gasteiger partial charge >= 0.3 is 5.97 Å². The van der Waals surface area contributed by atoms with E-state index in [9.17, 15) is 9.90 Å². The lowest BCUT2D eigenvalue weighted by Gasteiger charge is -2.47. The molecule has 0 unspecified atom stereocenters. The second kappa shape index (κ2) is 13.2. The summed E-state index contributed by atoms with van der Waals surface area (Å²) in [5.74, 6) is 0.970. The number of hydrogen-bond donors (Lipinski definition) is 1. The molecule has 0 saturated heterocycles. The van der Waals surface area contributed by atoms with Gasteiger partial charge in [-0.25, -0.2) is 0 Å². The van der Waals surface area contributed by atoms with Gasteiger partial charge in [-0.3, -0.25) is 4.79 Å². The van der Waals surface area contributed by atoms with E-state index < -0.39 is 5.97 Å². The Morgan fingerprint density at radius 1 is 1.00 bits per heavy atom. The average molecular weight is 439 g/mol. The van der Waals surface area contributed by atoms with E-state index in [2.05, 4.69) is 49.4 Å². The summed E-state index contributed by atoms with van der Waals surface area (Å²) < 4.78 is 0. The van der Waals surface area contributed by atoms with E-state index in [4.69, 9.17) is 0 Å². The van der Waals surface area contributed by atoms with Crippen molar-refractivity contribution in [2.75, 3.05) is 0 Å². The van der Waals surface area contributed by atoms with Crippen LogP contribution in [-0.2, 0) is 10.2 Å². The molecule has 0 spiro atoms. The standard InChI is InChI=1S/C30H46O2/c1-2-3-4-5-6-7-8-9-11-16-25-19-20-28(26(23-25)24-29(31)32)30(21-14-15-22-30)27-17-12-10-13-18-27/h7-8,10,12-13,17-18,25-26,28H,2-6,9,11,14-16,19-24H2,1H3,(H,31,32)/b8-7-/t25-,26+,28-/m1/s1. The summed E-state index contributed by atoms with van der Waals surface area (Å²) in [5, 5.41) is 9.71. The molecule has 0 bridgehead atoms. The lowest BCUT2D eigenvalue weighted by Crippen LogP contribution is -2.41. The van der Waals surface area contributed by atoms with Gasteiger partial charge in [0.05, 0.1) is 0 Å². The molecule has 0 radical (unpaired) electrons. The number of carboxylic acids is 1. The first kappa shape index (κ1) is 25.1. The molecule has 2 saturated carbocycles. The van der Waals surface area contributed by atoms with Crippen molar-refractivity contribution >= 4 is 5.97 Å². The summed E-state index contributed by atoms with van der Waals surface area (Å²) in [7, 11) is 0. The topological polar surface area (TPSA) is 37.3 Å². The van der Waals surface area contributed by atoms with Crippen LogP contribution in [0.1, 0.15) is 115 Å². The normalized spacial score (nSPS) is 25.3. The van der Waals surface area contributed by atoms with Crippen molar-refractivity contribution < 1.29 is 9.90 Å². The van der Waals surface area contributed by atoms with E-state index in [0.717, 1.165) is 6.42 Å². The molecule has 178 valence electrons. The van der Waals surface area contributed by atoms with Gasteiger partial charge in [0.2, 0.25) is 0 Å². The molecule has 1 N–H and O–H groups in total. The number of unbranched alkanes of at least 4 members (excludes halogenated alkanes) is 5. The smallest absolute Gasteiger partial charge is 0.303 e. The van der Waals surface area contributed by atoms with Crippen molar-refractivity contribution in [3.8, 4) is 0 Å². The van der Waals surface area contributed by atoms with Gasteiger partial charge in [-0.2, -0.15) is 0 Å². The first-order chi connectivity index (χ1) is 15.7. The Morgan fingerprint density at radius 2 is 1.72 bits per heavy atom. The Morgan fingerprint density at radius 3 is 2.41 bits per heavy atom. The first-order valence-electron chi connectivity index (χ1n) is 13.6. The maximum atomic E-state index is 11.8. The van der Waals surface area contributed by atoms with Crippen molar-refractivity contribution in [2.45, 2.75) is 115 Å². The third kappa shape index (κ3) is 6.96. The molecule has 2 heteroatoms. The zero-order chi connectivity index (χ0) is 22.7. The lowest BCUT2D eigenvalue weighted by atomic mass is 9.57. The van der Waals surface area contributed by atoms with Crippen molar-refractivity contribution in [1.29, 1.82) is 0 Å². The summed E-state index contributed by atoms with van der Waals surface area (Å²) in [6.07, 6.45) is 24.1. The van der Waals surface area contributed by atoms with E-state index in [1.807, 2.05) is 0 Å². The maximum Gasteiger partial charge on any atom is 0.303 e. The molecule has 0 aromatic heterocycles. The van der Waals surface area contributed by atoms with Crippen molar-refractivity contribution in [3.63, 3.8) is 0 Å². The predicted octanol–water partition coefficient (Wildman–Crippen LogP) is 8.70. The Labute approximate surface area is 196 Å². The minimum Gasteiger partial charge on any atom is -0.481 e. The highest BCUT2D eigenvalue weighted by Gasteiger charge is 2.47. The van der Waals surface area contributed by atoms with E-state index in [0.29, 0.717) is 24.2 Å². The Bertz CT molecular complexity index is 686.